The number of aromatic nitrogens is 1. The van der Waals surface area contributed by atoms with Gasteiger partial charge in [-0.05, 0) is 32.8 Å². The molecule has 18 heavy (non-hydrogen) atoms. The molecule has 1 saturated heterocycles. The van der Waals surface area contributed by atoms with Crippen LogP contribution in [-0.4, -0.2) is 34.1 Å². The maximum absolute atomic E-state index is 10.7. The van der Waals surface area contributed by atoms with Crippen LogP contribution in [0.15, 0.2) is 12.3 Å². The lowest BCUT2D eigenvalue weighted by Gasteiger charge is -2.40. The number of nitrogen functional groups attached to an aromatic ring is 1. The van der Waals surface area contributed by atoms with Gasteiger partial charge in [-0.15, -0.1) is 0 Å². The highest BCUT2D eigenvalue weighted by Crippen LogP contribution is 2.36. The topological polar surface area (TPSA) is 62.4 Å². The van der Waals surface area contributed by atoms with Crippen molar-refractivity contribution >= 4 is 17.4 Å². The molecule has 0 spiro atoms. The summed E-state index contributed by atoms with van der Waals surface area (Å²) in [7, 11) is 0. The molecule has 1 aliphatic heterocycles. The van der Waals surface area contributed by atoms with Crippen molar-refractivity contribution in [2.24, 2.45) is 0 Å². The molecule has 3 N–H and O–H groups in total. The molecule has 2 heterocycles. The van der Waals surface area contributed by atoms with Gasteiger partial charge in [-0.1, -0.05) is 11.6 Å². The normalized spacial score (nSPS) is 20.3. The monoisotopic (exact) mass is 269 g/mol. The Morgan fingerprint density at radius 3 is 2.61 bits per heavy atom. The van der Waals surface area contributed by atoms with E-state index in [4.69, 9.17) is 17.3 Å². The molecule has 0 aliphatic carbocycles. The van der Waals surface area contributed by atoms with Gasteiger partial charge in [0.25, 0.3) is 0 Å². The molecular weight excluding hydrogens is 250 g/mol. The summed E-state index contributed by atoms with van der Waals surface area (Å²) in [5, 5.41) is 11.3. The van der Waals surface area contributed by atoms with E-state index in [1.54, 1.807) is 6.07 Å². The second-order valence-electron chi connectivity index (χ2n) is 5.25. The molecule has 0 unspecified atom stereocenters. The Labute approximate surface area is 113 Å². The average Bonchev–Trinajstić information content (AvgIpc) is 2.32. The minimum Gasteiger partial charge on any atom is -0.385 e. The number of rotatable bonds is 2. The first-order valence-corrected chi connectivity index (χ1v) is 6.68. The van der Waals surface area contributed by atoms with E-state index in [0.717, 1.165) is 13.1 Å². The highest BCUT2D eigenvalue weighted by Gasteiger charge is 2.36. The number of hydrogen-bond donors (Lipinski definition) is 2. The number of hydrogen-bond acceptors (Lipinski definition) is 4. The molecule has 100 valence electrons. The van der Waals surface area contributed by atoms with Crippen molar-refractivity contribution in [2.75, 3.05) is 18.8 Å². The molecule has 1 aliphatic rings. The van der Waals surface area contributed by atoms with E-state index < -0.39 is 5.60 Å². The molecule has 0 saturated carbocycles. The van der Waals surface area contributed by atoms with Gasteiger partial charge in [-0.2, -0.15) is 0 Å². The molecule has 2 rings (SSSR count). The van der Waals surface area contributed by atoms with Crippen LogP contribution in [0.3, 0.4) is 0 Å². The number of halogens is 1. The quantitative estimate of drug-likeness (QED) is 0.862. The highest BCUT2D eigenvalue weighted by atomic mass is 35.5. The van der Waals surface area contributed by atoms with Gasteiger partial charge in [0.15, 0.2) is 0 Å². The van der Waals surface area contributed by atoms with Crippen molar-refractivity contribution in [1.29, 1.82) is 0 Å². The van der Waals surface area contributed by atoms with Gasteiger partial charge in [-0.3, -0.25) is 0 Å². The van der Waals surface area contributed by atoms with E-state index in [-0.39, 0.29) is 0 Å². The third kappa shape index (κ3) is 2.60. The average molecular weight is 270 g/mol. The standard InChI is InChI=1S/C13H20ClN3O/c1-9(2)17-5-3-13(18,4-6-17)11-7-10(14)8-16-12(11)15/h7-9,18H,3-6H2,1-2H3,(H2,15,16). The van der Waals surface area contributed by atoms with Gasteiger partial charge in [0.2, 0.25) is 0 Å². The number of pyridine rings is 1. The predicted molar refractivity (Wildman–Crippen MR) is 73.5 cm³/mol. The summed E-state index contributed by atoms with van der Waals surface area (Å²) < 4.78 is 0. The predicted octanol–water partition coefficient (Wildman–Crippen LogP) is 2.01. The zero-order valence-corrected chi connectivity index (χ0v) is 11.6. The van der Waals surface area contributed by atoms with Crippen molar-refractivity contribution in [1.82, 2.24) is 9.88 Å². The van der Waals surface area contributed by atoms with Crippen LogP contribution in [0.2, 0.25) is 5.02 Å². The summed E-state index contributed by atoms with van der Waals surface area (Å²) in [6, 6.07) is 2.24. The van der Waals surface area contributed by atoms with E-state index in [1.165, 1.54) is 6.20 Å². The Morgan fingerprint density at radius 2 is 2.06 bits per heavy atom. The zero-order valence-electron chi connectivity index (χ0n) is 10.9. The van der Waals surface area contributed by atoms with E-state index in [0.29, 0.717) is 35.3 Å². The second-order valence-corrected chi connectivity index (χ2v) is 5.68. The molecule has 0 atom stereocenters. The van der Waals surface area contributed by atoms with Crippen LogP contribution in [0.25, 0.3) is 0 Å². The van der Waals surface area contributed by atoms with E-state index in [2.05, 4.69) is 23.7 Å². The van der Waals surface area contributed by atoms with Gasteiger partial charge >= 0.3 is 0 Å². The fourth-order valence-corrected chi connectivity index (χ4v) is 2.66. The van der Waals surface area contributed by atoms with Crippen LogP contribution in [0.4, 0.5) is 5.82 Å². The van der Waals surface area contributed by atoms with Crippen molar-refractivity contribution in [3.8, 4) is 0 Å². The fourth-order valence-electron chi connectivity index (χ4n) is 2.50. The first-order chi connectivity index (χ1) is 8.42. The van der Waals surface area contributed by atoms with Crippen LogP contribution >= 0.6 is 11.6 Å². The Hall–Kier alpha value is -0.840. The highest BCUT2D eigenvalue weighted by molar-refractivity contribution is 6.30. The largest absolute Gasteiger partial charge is 0.385 e. The molecule has 1 aromatic rings. The van der Waals surface area contributed by atoms with Crippen molar-refractivity contribution in [3.63, 3.8) is 0 Å². The SMILES string of the molecule is CC(C)N1CCC(O)(c2cc(Cl)cnc2N)CC1. The summed E-state index contributed by atoms with van der Waals surface area (Å²) in [4.78, 5) is 6.38. The van der Waals surface area contributed by atoms with Crippen LogP contribution in [0.5, 0.6) is 0 Å². The Kier molecular flexibility index (Phi) is 3.80. The first-order valence-electron chi connectivity index (χ1n) is 6.30. The molecule has 1 aromatic heterocycles. The second kappa shape index (κ2) is 5.03. The fraction of sp³-hybridized carbons (Fsp3) is 0.615. The van der Waals surface area contributed by atoms with Gasteiger partial charge in [-0.25, -0.2) is 4.98 Å². The Balaban J connectivity index is 2.20. The van der Waals surface area contributed by atoms with Crippen molar-refractivity contribution in [3.05, 3.63) is 22.8 Å². The molecule has 0 aromatic carbocycles. The lowest BCUT2D eigenvalue weighted by molar-refractivity contribution is -0.0319. The third-order valence-corrected chi connectivity index (χ3v) is 3.95. The smallest absolute Gasteiger partial charge is 0.129 e. The zero-order chi connectivity index (χ0) is 13.3. The number of aliphatic hydroxyl groups is 1. The number of nitrogens with two attached hydrogens (primary N) is 1. The van der Waals surface area contributed by atoms with Gasteiger partial charge in [0, 0.05) is 30.9 Å². The van der Waals surface area contributed by atoms with Crippen molar-refractivity contribution < 1.29 is 5.11 Å². The lowest BCUT2D eigenvalue weighted by atomic mass is 9.84. The van der Waals surface area contributed by atoms with Crippen LogP contribution in [-0.2, 0) is 5.60 Å². The molecule has 0 radical (unpaired) electrons. The summed E-state index contributed by atoms with van der Waals surface area (Å²) in [6.07, 6.45) is 2.84. The molecule has 4 nitrogen and oxygen atoms in total. The van der Waals surface area contributed by atoms with Gasteiger partial charge < -0.3 is 15.7 Å². The molecule has 0 amide bonds. The van der Waals surface area contributed by atoms with Gasteiger partial charge in [0.1, 0.15) is 5.82 Å². The maximum Gasteiger partial charge on any atom is 0.129 e. The lowest BCUT2D eigenvalue weighted by Crippen LogP contribution is -2.45. The van der Waals surface area contributed by atoms with Crippen LogP contribution in [0.1, 0.15) is 32.3 Å². The minimum atomic E-state index is -0.895. The van der Waals surface area contributed by atoms with Crippen LogP contribution in [0, 0.1) is 0 Å². The summed E-state index contributed by atoms with van der Waals surface area (Å²) >= 11 is 5.94. The van der Waals surface area contributed by atoms with Crippen molar-refractivity contribution in [2.45, 2.75) is 38.3 Å². The number of likely N-dealkylation sites (tertiary alicyclic amines) is 1. The van der Waals surface area contributed by atoms with E-state index >= 15 is 0 Å². The Morgan fingerprint density at radius 1 is 1.44 bits per heavy atom. The molecular formula is C13H20ClN3O. The molecule has 5 heteroatoms. The number of anilines is 1. The third-order valence-electron chi connectivity index (χ3n) is 3.74. The summed E-state index contributed by atoms with van der Waals surface area (Å²) in [5.74, 6) is 0.375. The van der Waals surface area contributed by atoms with Crippen LogP contribution < -0.4 is 5.73 Å². The number of piperidine rings is 1. The van der Waals surface area contributed by atoms with E-state index in [9.17, 15) is 5.11 Å². The minimum absolute atomic E-state index is 0.375. The summed E-state index contributed by atoms with van der Waals surface area (Å²) in [5.41, 5.74) is 5.63. The Bertz CT molecular complexity index is 428. The van der Waals surface area contributed by atoms with E-state index in [1.807, 2.05) is 0 Å². The molecule has 0 bridgehead atoms. The number of nitrogens with zero attached hydrogens (tertiary/aromatic N) is 2. The first kappa shape index (κ1) is 13.6. The maximum atomic E-state index is 10.7. The summed E-state index contributed by atoms with van der Waals surface area (Å²) in [6.45, 7) is 6.06. The van der Waals surface area contributed by atoms with Gasteiger partial charge in [0.05, 0.1) is 10.6 Å². The molecule has 1 fully saturated rings.